The molecular weight excluding hydrogens is 273 g/mol. The molecule has 0 aliphatic heterocycles. The number of benzene rings is 1. The number of hydrogen-bond acceptors (Lipinski definition) is 3. The molecule has 9 heteroatoms. The molecule has 0 bridgehead atoms. The minimum atomic E-state index is -4.39. The monoisotopic (exact) mass is 284 g/mol. The highest BCUT2D eigenvalue weighted by molar-refractivity contribution is 7.87. The molecule has 0 radical (unpaired) electrons. The van der Waals surface area contributed by atoms with Crippen LogP contribution in [0.4, 0.5) is 13.2 Å². The zero-order chi connectivity index (χ0) is 13.8. The Balaban J connectivity index is 2.53. The second-order valence-corrected chi connectivity index (χ2v) is 4.79. The van der Waals surface area contributed by atoms with Crippen LogP contribution in [0.1, 0.15) is 5.56 Å². The lowest BCUT2D eigenvalue weighted by atomic mass is 10.2. The Morgan fingerprint density at radius 1 is 1.22 bits per heavy atom. The van der Waals surface area contributed by atoms with Crippen LogP contribution in [0.2, 0.25) is 0 Å². The molecule has 102 valence electrons. The van der Waals surface area contributed by atoms with E-state index < -0.39 is 23.0 Å². The highest BCUT2D eigenvalue weighted by atomic mass is 32.2. The van der Waals surface area contributed by atoms with Crippen LogP contribution in [0.15, 0.2) is 24.3 Å². The van der Waals surface area contributed by atoms with E-state index in [2.05, 4.69) is 4.74 Å². The van der Waals surface area contributed by atoms with Crippen LogP contribution < -0.4 is 14.6 Å². The predicted molar refractivity (Wildman–Crippen MR) is 57.9 cm³/mol. The number of nitrogens with one attached hydrogen (secondary N) is 1. The van der Waals surface area contributed by atoms with Gasteiger partial charge in [0.15, 0.2) is 6.61 Å². The molecular formula is C9H11F3N2O3S. The van der Waals surface area contributed by atoms with Crippen molar-refractivity contribution >= 4 is 10.2 Å². The van der Waals surface area contributed by atoms with E-state index in [4.69, 9.17) is 5.14 Å². The smallest absolute Gasteiger partial charge is 0.422 e. The highest BCUT2D eigenvalue weighted by Crippen LogP contribution is 2.18. The third kappa shape index (κ3) is 6.42. The second-order valence-electron chi connectivity index (χ2n) is 3.41. The van der Waals surface area contributed by atoms with Crippen molar-refractivity contribution < 1.29 is 26.3 Å². The van der Waals surface area contributed by atoms with Gasteiger partial charge >= 0.3 is 6.18 Å². The Hall–Kier alpha value is -1.32. The third-order valence-corrected chi connectivity index (χ3v) is 2.35. The zero-order valence-corrected chi connectivity index (χ0v) is 9.88. The first kappa shape index (κ1) is 14.7. The van der Waals surface area contributed by atoms with Crippen molar-refractivity contribution in [2.24, 2.45) is 5.14 Å². The van der Waals surface area contributed by atoms with E-state index in [1.807, 2.05) is 4.72 Å². The lowest BCUT2D eigenvalue weighted by molar-refractivity contribution is -0.153. The summed E-state index contributed by atoms with van der Waals surface area (Å²) in [4.78, 5) is 0. The average molecular weight is 284 g/mol. The minimum Gasteiger partial charge on any atom is -0.484 e. The van der Waals surface area contributed by atoms with Gasteiger partial charge in [-0.3, -0.25) is 0 Å². The zero-order valence-electron chi connectivity index (χ0n) is 9.07. The summed E-state index contributed by atoms with van der Waals surface area (Å²) in [6.45, 7) is -1.42. The summed E-state index contributed by atoms with van der Waals surface area (Å²) in [7, 11) is -3.79. The molecule has 1 rings (SSSR count). The molecule has 0 aliphatic rings. The first-order valence-electron chi connectivity index (χ1n) is 4.71. The van der Waals surface area contributed by atoms with Gasteiger partial charge in [-0.05, 0) is 17.7 Å². The van der Waals surface area contributed by atoms with Crippen molar-refractivity contribution in [3.8, 4) is 5.75 Å². The molecule has 5 nitrogen and oxygen atoms in total. The van der Waals surface area contributed by atoms with Crippen LogP contribution in [0.3, 0.4) is 0 Å². The van der Waals surface area contributed by atoms with Crippen LogP contribution in [0, 0.1) is 0 Å². The summed E-state index contributed by atoms with van der Waals surface area (Å²) < 4.78 is 63.3. The molecule has 1 aromatic rings. The molecule has 3 N–H and O–H groups in total. The highest BCUT2D eigenvalue weighted by Gasteiger charge is 2.28. The largest absolute Gasteiger partial charge is 0.484 e. The summed E-state index contributed by atoms with van der Waals surface area (Å²) >= 11 is 0. The van der Waals surface area contributed by atoms with E-state index in [0.29, 0.717) is 5.56 Å². The number of hydrogen-bond donors (Lipinski definition) is 2. The fraction of sp³-hybridized carbons (Fsp3) is 0.333. The maximum atomic E-state index is 11.9. The Kier molecular flexibility index (Phi) is 4.54. The van der Waals surface area contributed by atoms with Crippen LogP contribution in [-0.4, -0.2) is 21.2 Å². The Morgan fingerprint density at radius 3 is 2.22 bits per heavy atom. The van der Waals surface area contributed by atoms with Gasteiger partial charge in [-0.1, -0.05) is 12.1 Å². The van der Waals surface area contributed by atoms with E-state index >= 15 is 0 Å². The number of alkyl halides is 3. The lowest BCUT2D eigenvalue weighted by Crippen LogP contribution is -2.30. The average Bonchev–Trinajstić information content (AvgIpc) is 2.23. The van der Waals surface area contributed by atoms with Gasteiger partial charge in [0.2, 0.25) is 0 Å². The molecule has 0 atom stereocenters. The standard InChI is InChI=1S/C9H11F3N2O3S/c10-9(11,12)6-17-8-3-1-7(2-4-8)5-14-18(13,15)16/h1-4,14H,5-6H2,(H2,13,15,16). The molecule has 0 heterocycles. The Morgan fingerprint density at radius 2 is 1.78 bits per heavy atom. The van der Waals surface area contributed by atoms with Gasteiger partial charge < -0.3 is 4.74 Å². The first-order valence-corrected chi connectivity index (χ1v) is 6.26. The molecule has 18 heavy (non-hydrogen) atoms. The van der Waals surface area contributed by atoms with Gasteiger partial charge in [-0.15, -0.1) is 0 Å². The van der Waals surface area contributed by atoms with E-state index in [9.17, 15) is 21.6 Å². The molecule has 0 unspecified atom stereocenters. The quantitative estimate of drug-likeness (QED) is 0.843. The molecule has 0 fully saturated rings. The molecule has 0 amide bonds. The molecule has 0 spiro atoms. The molecule has 0 aliphatic carbocycles. The van der Waals surface area contributed by atoms with Gasteiger partial charge in [-0.25, -0.2) is 5.14 Å². The fourth-order valence-corrected chi connectivity index (χ4v) is 1.42. The molecule has 1 aromatic carbocycles. The van der Waals surface area contributed by atoms with Crippen LogP contribution in [-0.2, 0) is 16.8 Å². The maximum Gasteiger partial charge on any atom is 0.422 e. The molecule has 0 saturated heterocycles. The third-order valence-electron chi connectivity index (χ3n) is 1.80. The van der Waals surface area contributed by atoms with Crippen LogP contribution in [0.25, 0.3) is 0 Å². The van der Waals surface area contributed by atoms with Crippen molar-refractivity contribution in [3.05, 3.63) is 29.8 Å². The van der Waals surface area contributed by atoms with Crippen LogP contribution in [0.5, 0.6) is 5.75 Å². The summed E-state index contributed by atoms with van der Waals surface area (Å²) in [6.07, 6.45) is -4.39. The summed E-state index contributed by atoms with van der Waals surface area (Å²) in [5, 5.41) is 4.72. The van der Waals surface area contributed by atoms with E-state index in [1.165, 1.54) is 24.3 Å². The van der Waals surface area contributed by atoms with Gasteiger partial charge in [0.25, 0.3) is 10.2 Å². The van der Waals surface area contributed by atoms with Crippen molar-refractivity contribution in [1.82, 2.24) is 4.72 Å². The van der Waals surface area contributed by atoms with E-state index in [0.717, 1.165) is 0 Å². The lowest BCUT2D eigenvalue weighted by Gasteiger charge is -2.09. The topological polar surface area (TPSA) is 81.4 Å². The summed E-state index contributed by atoms with van der Waals surface area (Å²) in [6, 6.07) is 5.49. The SMILES string of the molecule is NS(=O)(=O)NCc1ccc(OCC(F)(F)F)cc1. The summed E-state index contributed by atoms with van der Waals surface area (Å²) in [5.74, 6) is 0.0479. The molecule has 0 saturated carbocycles. The summed E-state index contributed by atoms with van der Waals surface area (Å²) in [5.41, 5.74) is 0.545. The Bertz CT molecular complexity index is 485. The van der Waals surface area contributed by atoms with Gasteiger partial charge in [0.1, 0.15) is 5.75 Å². The van der Waals surface area contributed by atoms with E-state index in [-0.39, 0.29) is 12.3 Å². The van der Waals surface area contributed by atoms with E-state index in [1.54, 1.807) is 0 Å². The fourth-order valence-electron chi connectivity index (χ4n) is 1.05. The van der Waals surface area contributed by atoms with Gasteiger partial charge in [0, 0.05) is 6.54 Å². The molecule has 0 aromatic heterocycles. The number of ether oxygens (including phenoxy) is 1. The van der Waals surface area contributed by atoms with Crippen molar-refractivity contribution in [2.75, 3.05) is 6.61 Å². The van der Waals surface area contributed by atoms with Crippen molar-refractivity contribution in [3.63, 3.8) is 0 Å². The van der Waals surface area contributed by atoms with Gasteiger partial charge in [-0.2, -0.15) is 26.3 Å². The number of halogens is 3. The Labute approximate surface area is 102 Å². The second kappa shape index (κ2) is 5.55. The number of rotatable bonds is 5. The predicted octanol–water partition coefficient (Wildman–Crippen LogP) is 0.921. The maximum absolute atomic E-state index is 11.9. The van der Waals surface area contributed by atoms with Crippen molar-refractivity contribution in [2.45, 2.75) is 12.7 Å². The minimum absolute atomic E-state index is 0.0433. The van der Waals surface area contributed by atoms with Gasteiger partial charge in [0.05, 0.1) is 0 Å². The first-order chi connectivity index (χ1) is 8.16. The number of nitrogens with two attached hydrogens (primary N) is 1. The van der Waals surface area contributed by atoms with Crippen molar-refractivity contribution in [1.29, 1.82) is 0 Å². The van der Waals surface area contributed by atoms with Crippen LogP contribution >= 0.6 is 0 Å². The normalized spacial score (nSPS) is 12.4.